The van der Waals surface area contributed by atoms with Crippen molar-refractivity contribution in [2.45, 2.75) is 6.92 Å². The molecule has 0 saturated heterocycles. The summed E-state index contributed by atoms with van der Waals surface area (Å²) in [7, 11) is 3.75. The van der Waals surface area contributed by atoms with Crippen molar-refractivity contribution in [2.75, 3.05) is 14.1 Å². The summed E-state index contributed by atoms with van der Waals surface area (Å²) in [5.74, 6) is 0.209. The summed E-state index contributed by atoms with van der Waals surface area (Å²) in [6, 6.07) is 15.6. The molecular weight excluding hydrogens is 370 g/mol. The minimum Gasteiger partial charge on any atom is -0.427 e. The summed E-state index contributed by atoms with van der Waals surface area (Å²) >= 11 is 1.66. The molecule has 0 aliphatic rings. The van der Waals surface area contributed by atoms with Gasteiger partial charge in [0.15, 0.2) is 4.96 Å². The second kappa shape index (κ2) is 8.80. The molecule has 5 nitrogen and oxygen atoms in total. The predicted molar refractivity (Wildman–Crippen MR) is 110 cm³/mol. The maximum atomic E-state index is 11.1. The van der Waals surface area contributed by atoms with Crippen LogP contribution in [0.4, 0.5) is 0 Å². The Morgan fingerprint density at radius 1 is 1.15 bits per heavy atom. The third-order valence-corrected chi connectivity index (χ3v) is 4.43. The molecular formula is C19H20ClN3O2S. The van der Waals surface area contributed by atoms with Crippen LogP contribution < -0.4 is 10.1 Å². The van der Waals surface area contributed by atoms with Crippen LogP contribution in [0.15, 0.2) is 54.7 Å². The molecule has 0 fully saturated rings. The zero-order valence-corrected chi connectivity index (χ0v) is 16.4. The number of ether oxygens (including phenoxy) is 1. The maximum Gasteiger partial charge on any atom is 0.308 e. The Hall–Kier alpha value is -2.41. The van der Waals surface area contributed by atoms with Crippen LogP contribution in [0.3, 0.4) is 0 Å². The lowest BCUT2D eigenvalue weighted by atomic mass is 10.1. The topological polar surface area (TPSA) is 55.6 Å². The third kappa shape index (κ3) is 4.22. The van der Waals surface area contributed by atoms with Gasteiger partial charge in [0.2, 0.25) is 0 Å². The molecule has 26 heavy (non-hydrogen) atoms. The first kappa shape index (κ1) is 19.9. The van der Waals surface area contributed by atoms with Crippen molar-refractivity contribution in [3.8, 4) is 17.0 Å². The monoisotopic (exact) mass is 389 g/mol. The highest BCUT2D eigenvalue weighted by Gasteiger charge is 2.10. The number of rotatable bonds is 2. The SMILES string of the molecule is CC(=O)Oc1cccc(-c2cn3c(n2)sc2ccccc23)c1.CNC.Cl. The first-order valence-corrected chi connectivity index (χ1v) is 8.68. The zero-order chi connectivity index (χ0) is 17.8. The number of carbonyl (C=O) groups excluding carboxylic acids is 1. The standard InChI is InChI=1S/C17H12N2O2S.C2H7N.ClH/c1-11(20)21-13-6-4-5-12(9-13)14-10-19-15-7-2-3-8-16(15)22-17(19)18-14;1-3-2;/h2-10H,1H3;3H,1-2H3;1H. The molecule has 0 unspecified atom stereocenters. The molecule has 0 bridgehead atoms. The summed E-state index contributed by atoms with van der Waals surface area (Å²) in [4.78, 5) is 16.7. The Kier molecular flexibility index (Phi) is 6.74. The first-order valence-electron chi connectivity index (χ1n) is 7.86. The fraction of sp³-hybridized carbons (Fsp3) is 0.158. The van der Waals surface area contributed by atoms with E-state index in [4.69, 9.17) is 4.74 Å². The number of imidazole rings is 1. The number of nitrogens with zero attached hydrogens (tertiary/aromatic N) is 2. The van der Waals surface area contributed by atoms with Gasteiger partial charge in [0.05, 0.1) is 15.9 Å². The number of para-hydroxylation sites is 1. The molecule has 2 aromatic heterocycles. The van der Waals surface area contributed by atoms with Crippen LogP contribution in [0.25, 0.3) is 26.4 Å². The molecule has 2 heterocycles. The number of esters is 1. The number of benzene rings is 2. The largest absolute Gasteiger partial charge is 0.427 e. The van der Waals surface area contributed by atoms with E-state index in [0.29, 0.717) is 5.75 Å². The van der Waals surface area contributed by atoms with Crippen LogP contribution in [0, 0.1) is 0 Å². The Morgan fingerprint density at radius 3 is 2.62 bits per heavy atom. The number of hydrogen-bond acceptors (Lipinski definition) is 5. The quantitative estimate of drug-likeness (QED) is 0.408. The van der Waals surface area contributed by atoms with E-state index in [2.05, 4.69) is 26.8 Å². The van der Waals surface area contributed by atoms with Gasteiger partial charge in [-0.1, -0.05) is 35.6 Å². The highest BCUT2D eigenvalue weighted by molar-refractivity contribution is 7.23. The average Bonchev–Trinajstić information content (AvgIpc) is 3.13. The molecule has 7 heteroatoms. The first-order chi connectivity index (χ1) is 12.1. The Bertz CT molecular complexity index is 1030. The summed E-state index contributed by atoms with van der Waals surface area (Å²) < 4.78 is 8.44. The summed E-state index contributed by atoms with van der Waals surface area (Å²) in [6.45, 7) is 1.39. The molecule has 0 saturated carbocycles. The van der Waals surface area contributed by atoms with E-state index in [1.165, 1.54) is 11.6 Å². The van der Waals surface area contributed by atoms with E-state index in [1.807, 2.05) is 50.6 Å². The van der Waals surface area contributed by atoms with Crippen molar-refractivity contribution in [1.82, 2.24) is 14.7 Å². The van der Waals surface area contributed by atoms with E-state index < -0.39 is 0 Å². The van der Waals surface area contributed by atoms with Crippen molar-refractivity contribution in [3.63, 3.8) is 0 Å². The maximum absolute atomic E-state index is 11.1. The zero-order valence-electron chi connectivity index (χ0n) is 14.7. The fourth-order valence-corrected chi connectivity index (χ4v) is 3.48. The van der Waals surface area contributed by atoms with Crippen LogP contribution in [0.1, 0.15) is 6.92 Å². The molecule has 136 valence electrons. The van der Waals surface area contributed by atoms with Crippen LogP contribution in [-0.2, 0) is 4.79 Å². The van der Waals surface area contributed by atoms with Crippen molar-refractivity contribution in [3.05, 3.63) is 54.7 Å². The van der Waals surface area contributed by atoms with Gasteiger partial charge >= 0.3 is 5.97 Å². The summed E-state index contributed by atoms with van der Waals surface area (Å²) in [6.07, 6.45) is 2.01. The number of hydrogen-bond donors (Lipinski definition) is 1. The Balaban J connectivity index is 0.000000570. The lowest BCUT2D eigenvalue weighted by Gasteiger charge is -2.02. The number of carbonyl (C=O) groups is 1. The number of aromatic nitrogens is 2. The average molecular weight is 390 g/mol. The van der Waals surface area contributed by atoms with Crippen molar-refractivity contribution in [2.24, 2.45) is 0 Å². The van der Waals surface area contributed by atoms with Crippen LogP contribution in [-0.4, -0.2) is 29.4 Å². The molecule has 0 spiro atoms. The van der Waals surface area contributed by atoms with Gasteiger partial charge in [0.1, 0.15) is 5.75 Å². The van der Waals surface area contributed by atoms with Crippen LogP contribution in [0.2, 0.25) is 0 Å². The lowest BCUT2D eigenvalue weighted by Crippen LogP contribution is -2.01. The van der Waals surface area contributed by atoms with Gasteiger partial charge < -0.3 is 10.1 Å². The molecule has 0 radical (unpaired) electrons. The molecule has 2 aromatic carbocycles. The minimum atomic E-state index is -0.325. The predicted octanol–water partition coefficient (Wildman–Crippen LogP) is 4.40. The summed E-state index contributed by atoms with van der Waals surface area (Å²) in [5, 5.41) is 2.75. The Labute approximate surface area is 162 Å². The molecule has 0 aliphatic heterocycles. The van der Waals surface area contributed by atoms with Crippen molar-refractivity contribution < 1.29 is 9.53 Å². The van der Waals surface area contributed by atoms with Gasteiger partial charge in [-0.2, -0.15) is 0 Å². The molecule has 0 amide bonds. The number of nitrogens with one attached hydrogen (secondary N) is 1. The third-order valence-electron chi connectivity index (χ3n) is 3.39. The van der Waals surface area contributed by atoms with Gasteiger partial charge in [0.25, 0.3) is 0 Å². The van der Waals surface area contributed by atoms with Crippen LogP contribution >= 0.6 is 23.7 Å². The van der Waals surface area contributed by atoms with E-state index in [1.54, 1.807) is 17.4 Å². The number of fused-ring (bicyclic) bond motifs is 3. The van der Waals surface area contributed by atoms with Crippen LogP contribution in [0.5, 0.6) is 5.75 Å². The number of thiazole rings is 1. The molecule has 1 N–H and O–H groups in total. The van der Waals surface area contributed by atoms with E-state index >= 15 is 0 Å². The highest BCUT2D eigenvalue weighted by atomic mass is 35.5. The van der Waals surface area contributed by atoms with Gasteiger partial charge in [-0.25, -0.2) is 4.98 Å². The summed E-state index contributed by atoms with van der Waals surface area (Å²) in [5.41, 5.74) is 2.95. The second-order valence-corrected chi connectivity index (χ2v) is 6.48. The fourth-order valence-electron chi connectivity index (χ4n) is 2.47. The van der Waals surface area contributed by atoms with Gasteiger partial charge in [-0.15, -0.1) is 12.4 Å². The van der Waals surface area contributed by atoms with Crippen molar-refractivity contribution in [1.29, 1.82) is 0 Å². The molecule has 4 aromatic rings. The van der Waals surface area contributed by atoms with E-state index in [9.17, 15) is 4.79 Å². The van der Waals surface area contributed by atoms with Gasteiger partial charge in [-0.3, -0.25) is 9.20 Å². The molecule has 0 aliphatic carbocycles. The normalized spacial score (nSPS) is 10.1. The molecule has 4 rings (SSSR count). The number of halogens is 1. The lowest BCUT2D eigenvalue weighted by molar-refractivity contribution is -0.131. The highest BCUT2D eigenvalue weighted by Crippen LogP contribution is 2.30. The Morgan fingerprint density at radius 2 is 1.88 bits per heavy atom. The van der Waals surface area contributed by atoms with E-state index in [0.717, 1.165) is 21.7 Å². The smallest absolute Gasteiger partial charge is 0.308 e. The van der Waals surface area contributed by atoms with Crippen molar-refractivity contribution >= 4 is 44.9 Å². The van der Waals surface area contributed by atoms with E-state index in [-0.39, 0.29) is 18.4 Å². The molecule has 0 atom stereocenters. The van der Waals surface area contributed by atoms with Gasteiger partial charge in [-0.05, 0) is 38.4 Å². The second-order valence-electron chi connectivity index (χ2n) is 5.47. The minimum absolute atomic E-state index is 0. The van der Waals surface area contributed by atoms with Gasteiger partial charge in [0, 0.05) is 18.7 Å².